The average molecular weight is 482 g/mol. The summed E-state index contributed by atoms with van der Waals surface area (Å²) in [6.07, 6.45) is 0. The van der Waals surface area contributed by atoms with E-state index in [0.29, 0.717) is 0 Å². The first kappa shape index (κ1) is 20.6. The minimum Gasteiger partial charge on any atom is -0.337 e. The summed E-state index contributed by atoms with van der Waals surface area (Å²) >= 11 is 6.76. The summed E-state index contributed by atoms with van der Waals surface area (Å²) in [6, 6.07) is 11.5. The van der Waals surface area contributed by atoms with E-state index >= 15 is 0 Å². The summed E-state index contributed by atoms with van der Waals surface area (Å²) in [5.74, 6) is 0.234. The highest BCUT2D eigenvalue weighted by molar-refractivity contribution is 9.10. The quantitative estimate of drug-likeness (QED) is 0.525. The topological polar surface area (TPSA) is 40.6 Å². The first-order valence-corrected chi connectivity index (χ1v) is 10.0. The highest BCUT2D eigenvalue weighted by Gasteiger charge is 2.25. The zero-order chi connectivity index (χ0) is 19.4. The molecule has 6 heteroatoms. The Morgan fingerprint density at radius 2 is 1.46 bits per heavy atom. The van der Waals surface area contributed by atoms with E-state index in [1.165, 1.54) is 0 Å². The van der Waals surface area contributed by atoms with Crippen molar-refractivity contribution in [2.75, 3.05) is 14.1 Å². The molecule has 2 aromatic rings. The van der Waals surface area contributed by atoms with Crippen LogP contribution in [0.4, 0.5) is 0 Å². The Kier molecular flexibility index (Phi) is 7.01. The summed E-state index contributed by atoms with van der Waals surface area (Å²) in [5, 5.41) is 0. The van der Waals surface area contributed by atoms with E-state index in [9.17, 15) is 9.59 Å². The molecule has 138 valence electrons. The number of hydrogen-bond acceptors (Lipinski definition) is 2. The van der Waals surface area contributed by atoms with Crippen LogP contribution >= 0.6 is 31.9 Å². The number of carbonyl (C=O) groups is 2. The fourth-order valence-electron chi connectivity index (χ4n) is 2.85. The molecule has 0 bridgehead atoms. The second-order valence-corrected chi connectivity index (χ2v) is 7.66. The Bertz CT molecular complexity index is 831. The molecule has 2 amide bonds. The Balaban J connectivity index is 0.000000171. The Hall–Kier alpha value is -1.66. The molecule has 0 saturated carbocycles. The fourth-order valence-corrected chi connectivity index (χ4v) is 3.71. The second kappa shape index (κ2) is 8.82. The van der Waals surface area contributed by atoms with Crippen molar-refractivity contribution in [1.29, 1.82) is 0 Å². The highest BCUT2D eigenvalue weighted by Crippen LogP contribution is 2.28. The number of benzene rings is 2. The van der Waals surface area contributed by atoms with E-state index in [-0.39, 0.29) is 11.8 Å². The Morgan fingerprint density at radius 1 is 0.846 bits per heavy atom. The predicted molar refractivity (Wildman–Crippen MR) is 111 cm³/mol. The summed E-state index contributed by atoms with van der Waals surface area (Å²) in [7, 11) is 3.63. The van der Waals surface area contributed by atoms with E-state index in [2.05, 4.69) is 31.9 Å². The molecule has 0 unspecified atom stereocenters. The number of carbonyl (C=O) groups excluding carboxylic acids is 2. The van der Waals surface area contributed by atoms with Crippen molar-refractivity contribution in [3.8, 4) is 0 Å². The van der Waals surface area contributed by atoms with Gasteiger partial charge in [-0.2, -0.15) is 0 Å². The first-order chi connectivity index (χ1) is 12.4. The number of rotatable bonds is 0. The van der Waals surface area contributed by atoms with Gasteiger partial charge < -0.3 is 9.80 Å². The maximum Gasteiger partial charge on any atom is 0.254 e. The van der Waals surface area contributed by atoms with E-state index in [0.717, 1.165) is 44.3 Å². The molecule has 0 radical (unpaired) electrons. The van der Waals surface area contributed by atoms with Gasteiger partial charge in [0.2, 0.25) is 0 Å². The van der Waals surface area contributed by atoms with Gasteiger partial charge in [0.05, 0.1) is 0 Å². The van der Waals surface area contributed by atoms with Crippen LogP contribution in [0.1, 0.15) is 45.7 Å². The van der Waals surface area contributed by atoms with Crippen LogP contribution in [0.3, 0.4) is 0 Å². The minimum atomic E-state index is 0.117. The molecule has 0 atom stereocenters. The lowest BCUT2D eigenvalue weighted by atomic mass is 10.1. The molecule has 26 heavy (non-hydrogen) atoms. The number of fused-ring (bicyclic) bond motifs is 2. The lowest BCUT2D eigenvalue weighted by Gasteiger charge is -2.04. The minimum absolute atomic E-state index is 0.117. The van der Waals surface area contributed by atoms with Crippen LogP contribution in [0.25, 0.3) is 0 Å². The monoisotopic (exact) mass is 480 g/mol. The maximum atomic E-state index is 11.5. The fraction of sp³-hybridized carbons (Fsp3) is 0.300. The highest BCUT2D eigenvalue weighted by atomic mass is 79.9. The third-order valence-corrected chi connectivity index (χ3v) is 5.38. The van der Waals surface area contributed by atoms with E-state index in [4.69, 9.17) is 0 Å². The van der Waals surface area contributed by atoms with Gasteiger partial charge in [-0.1, -0.05) is 57.8 Å². The molecule has 2 heterocycles. The molecule has 2 aliphatic heterocycles. The van der Waals surface area contributed by atoms with Gasteiger partial charge in [-0.25, -0.2) is 0 Å². The summed E-state index contributed by atoms with van der Waals surface area (Å²) in [6.45, 7) is 5.46. The summed E-state index contributed by atoms with van der Waals surface area (Å²) in [4.78, 5) is 26.3. The van der Waals surface area contributed by atoms with Gasteiger partial charge in [0.15, 0.2) is 0 Å². The molecule has 0 aromatic heterocycles. The number of hydrogen-bond donors (Lipinski definition) is 0. The Labute approximate surface area is 171 Å². The number of halogens is 2. The number of nitrogens with zero attached hydrogens (tertiary/aromatic N) is 2. The second-order valence-electron chi connectivity index (χ2n) is 5.89. The van der Waals surface area contributed by atoms with Crippen LogP contribution in [0.5, 0.6) is 0 Å². The van der Waals surface area contributed by atoms with Crippen molar-refractivity contribution >= 4 is 43.7 Å². The molecular weight excluding hydrogens is 460 g/mol. The summed E-state index contributed by atoms with van der Waals surface area (Å²) < 4.78 is 1.99. The van der Waals surface area contributed by atoms with Crippen LogP contribution in [0, 0.1) is 0 Å². The van der Waals surface area contributed by atoms with Crippen LogP contribution in [0.15, 0.2) is 45.3 Å². The van der Waals surface area contributed by atoms with Gasteiger partial charge in [0.1, 0.15) is 0 Å². The van der Waals surface area contributed by atoms with Crippen molar-refractivity contribution in [3.05, 3.63) is 67.6 Å². The Morgan fingerprint density at radius 3 is 2.12 bits per heavy atom. The van der Waals surface area contributed by atoms with Crippen molar-refractivity contribution in [1.82, 2.24) is 9.80 Å². The standard InChI is InChI=1S/2C9H8BrNO.C2H6/c1-11-5-6-2-3-7(10)4-8(6)9(11)12;1-11-5-7-6(9(11)12)3-2-4-8(7)10;1-2/h2*2-4H,5H2,1H3;1-2H3. The van der Waals surface area contributed by atoms with E-state index in [1.807, 2.05) is 64.3 Å². The van der Waals surface area contributed by atoms with Crippen molar-refractivity contribution in [3.63, 3.8) is 0 Å². The lowest BCUT2D eigenvalue weighted by molar-refractivity contribution is 0.0809. The third-order valence-electron chi connectivity index (χ3n) is 4.15. The normalized spacial score (nSPS) is 14.2. The molecule has 4 nitrogen and oxygen atoms in total. The molecule has 2 aromatic carbocycles. The van der Waals surface area contributed by atoms with Crippen LogP contribution < -0.4 is 0 Å². The van der Waals surface area contributed by atoms with Gasteiger partial charge in [-0.05, 0) is 35.4 Å². The van der Waals surface area contributed by atoms with E-state index in [1.54, 1.807) is 9.80 Å². The van der Waals surface area contributed by atoms with Gasteiger partial charge >= 0.3 is 0 Å². The zero-order valence-electron chi connectivity index (χ0n) is 15.3. The van der Waals surface area contributed by atoms with Crippen molar-refractivity contribution in [2.45, 2.75) is 26.9 Å². The van der Waals surface area contributed by atoms with E-state index < -0.39 is 0 Å². The van der Waals surface area contributed by atoms with Crippen LogP contribution in [-0.4, -0.2) is 35.7 Å². The predicted octanol–water partition coefficient (Wildman–Crippen LogP) is 5.10. The SMILES string of the molecule is CC.CN1Cc2c(Br)cccc2C1=O.CN1Cc2ccc(Br)cc2C1=O. The molecule has 0 fully saturated rings. The molecule has 4 rings (SSSR count). The maximum absolute atomic E-state index is 11.5. The largest absolute Gasteiger partial charge is 0.337 e. The van der Waals surface area contributed by atoms with Crippen LogP contribution in [-0.2, 0) is 13.1 Å². The molecule has 0 saturated heterocycles. The zero-order valence-corrected chi connectivity index (χ0v) is 18.5. The molecule has 2 aliphatic rings. The first-order valence-electron chi connectivity index (χ1n) is 8.45. The van der Waals surface area contributed by atoms with Gasteiger partial charge in [0.25, 0.3) is 11.8 Å². The smallest absolute Gasteiger partial charge is 0.254 e. The molecular formula is C20H22Br2N2O2. The van der Waals surface area contributed by atoms with Crippen molar-refractivity contribution < 1.29 is 9.59 Å². The lowest BCUT2D eigenvalue weighted by Crippen LogP contribution is -2.17. The van der Waals surface area contributed by atoms with Gasteiger partial charge in [-0.3, -0.25) is 9.59 Å². The molecule has 0 N–H and O–H groups in total. The van der Waals surface area contributed by atoms with Crippen LogP contribution in [0.2, 0.25) is 0 Å². The van der Waals surface area contributed by atoms with Crippen molar-refractivity contribution in [2.24, 2.45) is 0 Å². The summed E-state index contributed by atoms with van der Waals surface area (Å²) in [5.41, 5.74) is 3.87. The molecule has 0 spiro atoms. The van der Waals surface area contributed by atoms with Gasteiger partial charge in [0, 0.05) is 47.3 Å². The molecule has 0 aliphatic carbocycles. The average Bonchev–Trinajstić information content (AvgIpc) is 3.09. The third kappa shape index (κ3) is 4.18. The van der Waals surface area contributed by atoms with Gasteiger partial charge in [-0.15, -0.1) is 0 Å². The number of amides is 2.